The van der Waals surface area contributed by atoms with Crippen LogP contribution in [-0.2, 0) is 17.1 Å². The number of carbonyl (C=O) groups is 2. The van der Waals surface area contributed by atoms with Gasteiger partial charge in [0.1, 0.15) is 11.3 Å². The van der Waals surface area contributed by atoms with Crippen molar-refractivity contribution in [2.45, 2.75) is 26.2 Å². The van der Waals surface area contributed by atoms with Gasteiger partial charge < -0.3 is 14.4 Å². The Bertz CT molecular complexity index is 683. The summed E-state index contributed by atoms with van der Waals surface area (Å²) >= 11 is 0. The van der Waals surface area contributed by atoms with Crippen molar-refractivity contribution in [2.24, 2.45) is 0 Å². The van der Waals surface area contributed by atoms with Crippen molar-refractivity contribution in [3.05, 3.63) is 23.0 Å². The van der Waals surface area contributed by atoms with E-state index in [4.69, 9.17) is 0 Å². The maximum atomic E-state index is 13.1. The van der Waals surface area contributed by atoms with Crippen LogP contribution < -0.4 is 4.74 Å². The topological polar surface area (TPSA) is 68.7 Å². The summed E-state index contributed by atoms with van der Waals surface area (Å²) in [5.41, 5.74) is -5.56. The van der Waals surface area contributed by atoms with Gasteiger partial charge in [-0.05, 0) is 13.8 Å². The number of nitrogens with zero attached hydrogens (tertiary/aromatic N) is 2. The molecule has 0 unspecified atom stereocenters. The van der Waals surface area contributed by atoms with Gasteiger partial charge in [0.15, 0.2) is 11.4 Å². The minimum absolute atomic E-state index is 0.0445. The summed E-state index contributed by atoms with van der Waals surface area (Å²) in [6, 6.07) is 0.0445. The Morgan fingerprint density at radius 1 is 1.08 bits per heavy atom. The summed E-state index contributed by atoms with van der Waals surface area (Å²) in [4.78, 5) is 27.1. The Morgan fingerprint density at radius 2 is 1.62 bits per heavy atom. The predicted octanol–water partition coefficient (Wildman–Crippen LogP) is 3.75. The number of ether oxygens (including phenoxy) is 2. The Labute approximate surface area is 143 Å². The van der Waals surface area contributed by atoms with E-state index in [1.54, 1.807) is 0 Å². The highest BCUT2D eigenvalue weighted by molar-refractivity contribution is 5.94. The molecule has 0 saturated heterocycles. The second kappa shape index (κ2) is 7.79. The fourth-order valence-electron chi connectivity index (χ4n) is 1.89. The first-order chi connectivity index (χ1) is 11.9. The van der Waals surface area contributed by atoms with Crippen molar-refractivity contribution in [1.82, 2.24) is 9.88 Å². The van der Waals surface area contributed by atoms with Gasteiger partial charge in [0, 0.05) is 19.2 Å². The molecule has 6 nitrogen and oxygen atoms in total. The first kappa shape index (κ1) is 21.5. The van der Waals surface area contributed by atoms with E-state index < -0.39 is 47.1 Å². The second-order valence-electron chi connectivity index (χ2n) is 4.76. The molecule has 1 rings (SSSR count). The van der Waals surface area contributed by atoms with Gasteiger partial charge in [-0.2, -0.15) is 26.3 Å². The molecule has 0 radical (unpaired) electrons. The van der Waals surface area contributed by atoms with Crippen LogP contribution in [0.1, 0.15) is 35.6 Å². The van der Waals surface area contributed by atoms with E-state index in [1.807, 2.05) is 0 Å². The maximum absolute atomic E-state index is 13.1. The van der Waals surface area contributed by atoms with Crippen LogP contribution in [0.15, 0.2) is 6.07 Å². The summed E-state index contributed by atoms with van der Waals surface area (Å²) in [5, 5.41) is 0. The van der Waals surface area contributed by atoms with Crippen molar-refractivity contribution in [1.29, 1.82) is 0 Å². The molecule has 1 aromatic rings. The fourth-order valence-corrected chi connectivity index (χ4v) is 1.89. The van der Waals surface area contributed by atoms with E-state index in [2.05, 4.69) is 14.5 Å². The number of alkyl halides is 6. The number of esters is 1. The normalized spacial score (nSPS) is 11.9. The standard InChI is InChI=1S/C14H14F6N2O4/c1-4-22(5-2)12(24)26-7-6-8(13(15,16)17)21-10(14(18,19)20)9(7)11(23)25-3/h6H,4-5H2,1-3H3. The van der Waals surface area contributed by atoms with Crippen LogP contribution in [0.25, 0.3) is 0 Å². The summed E-state index contributed by atoms with van der Waals surface area (Å²) in [6.45, 7) is 3.18. The summed E-state index contributed by atoms with van der Waals surface area (Å²) < 4.78 is 86.8. The molecule has 1 aromatic heterocycles. The number of aromatic nitrogens is 1. The predicted molar refractivity (Wildman–Crippen MR) is 74.5 cm³/mol. The average Bonchev–Trinajstić information content (AvgIpc) is 2.52. The van der Waals surface area contributed by atoms with E-state index >= 15 is 0 Å². The third-order valence-electron chi connectivity index (χ3n) is 3.15. The van der Waals surface area contributed by atoms with Crippen LogP contribution in [0, 0.1) is 0 Å². The van der Waals surface area contributed by atoms with Crippen LogP contribution in [0.3, 0.4) is 0 Å². The van der Waals surface area contributed by atoms with Gasteiger partial charge in [0.2, 0.25) is 0 Å². The van der Waals surface area contributed by atoms with Crippen LogP contribution >= 0.6 is 0 Å². The molecule has 1 amide bonds. The SMILES string of the molecule is CCN(CC)C(=O)Oc1cc(C(F)(F)F)nc(C(F)(F)F)c1C(=O)OC. The zero-order chi connectivity index (χ0) is 20.3. The highest BCUT2D eigenvalue weighted by Crippen LogP contribution is 2.39. The van der Waals surface area contributed by atoms with Crippen molar-refractivity contribution in [3.8, 4) is 5.75 Å². The molecule has 0 bridgehead atoms. The molecule has 0 saturated carbocycles. The monoisotopic (exact) mass is 388 g/mol. The molecule has 1 heterocycles. The largest absolute Gasteiger partial charge is 0.465 e. The van der Waals surface area contributed by atoms with Gasteiger partial charge in [-0.1, -0.05) is 0 Å². The first-order valence-corrected chi connectivity index (χ1v) is 7.11. The molecule has 0 aliphatic heterocycles. The van der Waals surface area contributed by atoms with E-state index in [1.165, 1.54) is 13.8 Å². The molecule has 26 heavy (non-hydrogen) atoms. The third kappa shape index (κ3) is 4.76. The zero-order valence-corrected chi connectivity index (χ0v) is 13.8. The van der Waals surface area contributed by atoms with Gasteiger partial charge in [-0.15, -0.1) is 0 Å². The van der Waals surface area contributed by atoms with Gasteiger partial charge >= 0.3 is 24.4 Å². The minimum atomic E-state index is -5.43. The summed E-state index contributed by atoms with van der Waals surface area (Å²) in [7, 11) is 0.718. The third-order valence-corrected chi connectivity index (χ3v) is 3.15. The molecule has 0 aliphatic carbocycles. The second-order valence-corrected chi connectivity index (χ2v) is 4.76. The number of hydrogen-bond acceptors (Lipinski definition) is 5. The number of hydrogen-bond donors (Lipinski definition) is 0. The Kier molecular flexibility index (Phi) is 6.44. The van der Waals surface area contributed by atoms with Crippen LogP contribution in [0.4, 0.5) is 31.1 Å². The maximum Gasteiger partial charge on any atom is 0.434 e. The molecule has 12 heteroatoms. The van der Waals surface area contributed by atoms with Crippen LogP contribution in [0.2, 0.25) is 0 Å². The van der Waals surface area contributed by atoms with E-state index in [-0.39, 0.29) is 19.2 Å². The molecule has 0 N–H and O–H groups in total. The molecule has 0 aromatic carbocycles. The zero-order valence-electron chi connectivity index (χ0n) is 13.8. The van der Waals surface area contributed by atoms with Gasteiger partial charge in [0.05, 0.1) is 7.11 Å². The average molecular weight is 388 g/mol. The lowest BCUT2D eigenvalue weighted by Gasteiger charge is -2.21. The number of halogens is 6. The number of carbonyl (C=O) groups excluding carboxylic acids is 2. The van der Waals surface area contributed by atoms with Crippen molar-refractivity contribution in [2.75, 3.05) is 20.2 Å². The summed E-state index contributed by atoms with van der Waals surface area (Å²) in [5.74, 6) is -2.90. The summed E-state index contributed by atoms with van der Waals surface area (Å²) in [6.07, 6.45) is -11.9. The Balaban J connectivity index is 3.68. The lowest BCUT2D eigenvalue weighted by atomic mass is 10.1. The smallest absolute Gasteiger partial charge is 0.434 e. The molecule has 0 aliphatic rings. The van der Waals surface area contributed by atoms with Crippen molar-refractivity contribution >= 4 is 12.1 Å². The lowest BCUT2D eigenvalue weighted by molar-refractivity contribution is -0.150. The lowest BCUT2D eigenvalue weighted by Crippen LogP contribution is -2.34. The van der Waals surface area contributed by atoms with Crippen molar-refractivity contribution < 1.29 is 45.4 Å². The first-order valence-electron chi connectivity index (χ1n) is 7.11. The quantitative estimate of drug-likeness (QED) is 0.581. The van der Waals surface area contributed by atoms with Gasteiger partial charge in [0.25, 0.3) is 0 Å². The van der Waals surface area contributed by atoms with E-state index in [9.17, 15) is 35.9 Å². The molecular weight excluding hydrogens is 374 g/mol. The Morgan fingerprint density at radius 3 is 2.00 bits per heavy atom. The highest BCUT2D eigenvalue weighted by atomic mass is 19.4. The van der Waals surface area contributed by atoms with Crippen LogP contribution in [-0.4, -0.2) is 42.1 Å². The van der Waals surface area contributed by atoms with Crippen LogP contribution in [0.5, 0.6) is 5.75 Å². The molecule has 0 fully saturated rings. The van der Waals surface area contributed by atoms with Gasteiger partial charge in [-0.3, -0.25) is 0 Å². The number of methoxy groups -OCH3 is 1. The highest BCUT2D eigenvalue weighted by Gasteiger charge is 2.44. The molecule has 0 atom stereocenters. The molecule has 146 valence electrons. The number of amides is 1. The fraction of sp³-hybridized carbons (Fsp3) is 0.500. The minimum Gasteiger partial charge on any atom is -0.465 e. The number of pyridine rings is 1. The molecule has 0 spiro atoms. The van der Waals surface area contributed by atoms with Crippen molar-refractivity contribution in [3.63, 3.8) is 0 Å². The number of rotatable bonds is 4. The van der Waals surface area contributed by atoms with E-state index in [0.29, 0.717) is 0 Å². The van der Waals surface area contributed by atoms with Gasteiger partial charge in [-0.25, -0.2) is 14.6 Å². The Hall–Kier alpha value is -2.53. The van der Waals surface area contributed by atoms with E-state index in [0.717, 1.165) is 12.0 Å². The molecular formula is C14H14F6N2O4.